The Hall–Kier alpha value is 0.01000. The average molecular weight is 254 g/mol. The lowest BCUT2D eigenvalue weighted by atomic mass is 9.85. The molecule has 1 aromatic carbocycles. The van der Waals surface area contributed by atoms with E-state index < -0.39 is 0 Å². The fourth-order valence-electron chi connectivity index (χ4n) is 1.44. The topological polar surface area (TPSA) is 38.0 Å². The van der Waals surface area contributed by atoms with Crippen LogP contribution in [0, 0.1) is 0 Å². The molecule has 1 fully saturated rings. The number of halogens is 3. The molecule has 0 aromatic heterocycles. The van der Waals surface area contributed by atoms with Crippen LogP contribution in [0.5, 0.6) is 0 Å². The first-order chi connectivity index (χ1) is 6.10. The van der Waals surface area contributed by atoms with Crippen LogP contribution >= 0.6 is 35.6 Å². The van der Waals surface area contributed by atoms with Gasteiger partial charge in [-0.25, -0.2) is 0 Å². The van der Waals surface area contributed by atoms with Gasteiger partial charge in [0.05, 0.1) is 5.54 Å². The summed E-state index contributed by atoms with van der Waals surface area (Å²) in [5, 5.41) is 4.40. The number of benzene rings is 1. The van der Waals surface area contributed by atoms with Crippen LogP contribution in [0.2, 0.25) is 10.0 Å². The minimum atomic E-state index is -0.283. The summed E-state index contributed by atoms with van der Waals surface area (Å²) in [5.41, 5.74) is 6.80. The van der Waals surface area contributed by atoms with E-state index in [-0.39, 0.29) is 17.9 Å². The van der Waals surface area contributed by atoms with Gasteiger partial charge in [-0.1, -0.05) is 23.2 Å². The maximum Gasteiger partial charge on any atom is 0.0663 e. The van der Waals surface area contributed by atoms with Gasteiger partial charge < -0.3 is 11.1 Å². The van der Waals surface area contributed by atoms with Crippen molar-refractivity contribution < 1.29 is 0 Å². The molecule has 0 aliphatic carbocycles. The molecule has 1 aromatic rings. The Morgan fingerprint density at radius 2 is 1.64 bits per heavy atom. The lowest BCUT2D eigenvalue weighted by Gasteiger charge is -2.39. The number of rotatable bonds is 1. The van der Waals surface area contributed by atoms with E-state index in [4.69, 9.17) is 28.9 Å². The standard InChI is InChI=1S/C9H10Cl2N2.ClH/c10-7-1-6(2-8(11)3-7)9(12)4-13-5-9;/h1-3,13H,4-5,12H2;1H. The van der Waals surface area contributed by atoms with E-state index in [1.54, 1.807) is 6.07 Å². The van der Waals surface area contributed by atoms with Gasteiger partial charge in [0.15, 0.2) is 0 Å². The van der Waals surface area contributed by atoms with Gasteiger partial charge >= 0.3 is 0 Å². The molecule has 0 amide bonds. The van der Waals surface area contributed by atoms with Gasteiger partial charge in [0.2, 0.25) is 0 Å². The second-order valence-electron chi connectivity index (χ2n) is 3.42. The van der Waals surface area contributed by atoms with Gasteiger partial charge in [-0.05, 0) is 23.8 Å². The first kappa shape index (κ1) is 12.1. The van der Waals surface area contributed by atoms with E-state index in [0.29, 0.717) is 10.0 Å². The molecule has 0 spiro atoms. The lowest BCUT2D eigenvalue weighted by Crippen LogP contribution is -2.62. The van der Waals surface area contributed by atoms with Crippen LogP contribution in [-0.2, 0) is 5.54 Å². The highest BCUT2D eigenvalue weighted by Gasteiger charge is 2.34. The Balaban J connectivity index is 0.000000980. The van der Waals surface area contributed by atoms with E-state index in [1.165, 1.54) is 0 Å². The van der Waals surface area contributed by atoms with Gasteiger partial charge in [0.25, 0.3) is 0 Å². The molecule has 2 rings (SSSR count). The first-order valence-corrected chi connectivity index (χ1v) is 4.82. The highest BCUT2D eigenvalue weighted by molar-refractivity contribution is 6.34. The van der Waals surface area contributed by atoms with Crippen LogP contribution in [0.4, 0.5) is 0 Å². The van der Waals surface area contributed by atoms with Crippen molar-refractivity contribution >= 4 is 35.6 Å². The fraction of sp³-hybridized carbons (Fsp3) is 0.333. The number of nitrogens with two attached hydrogens (primary N) is 1. The molecule has 5 heteroatoms. The molecular formula is C9H11Cl3N2. The van der Waals surface area contributed by atoms with Crippen molar-refractivity contribution in [3.8, 4) is 0 Å². The largest absolute Gasteiger partial charge is 0.319 e. The Kier molecular flexibility index (Phi) is 3.67. The van der Waals surface area contributed by atoms with Gasteiger partial charge in [-0.3, -0.25) is 0 Å². The van der Waals surface area contributed by atoms with Gasteiger partial charge in [-0.2, -0.15) is 0 Å². The fourth-order valence-corrected chi connectivity index (χ4v) is 1.97. The zero-order chi connectivity index (χ0) is 9.47. The van der Waals surface area contributed by atoms with Crippen molar-refractivity contribution in [2.24, 2.45) is 5.73 Å². The molecule has 1 saturated heterocycles. The minimum absolute atomic E-state index is 0. The SMILES string of the molecule is Cl.NC1(c2cc(Cl)cc(Cl)c2)CNC1. The van der Waals surface area contributed by atoms with Crippen molar-refractivity contribution in [1.82, 2.24) is 5.32 Å². The molecule has 0 bridgehead atoms. The Bertz CT molecular complexity index is 317. The summed E-state index contributed by atoms with van der Waals surface area (Å²) in [6, 6.07) is 5.45. The minimum Gasteiger partial charge on any atom is -0.319 e. The predicted octanol–water partition coefficient (Wildman–Crippen LogP) is 2.17. The van der Waals surface area contributed by atoms with Crippen LogP contribution in [0.25, 0.3) is 0 Å². The van der Waals surface area contributed by atoms with Crippen LogP contribution in [0.1, 0.15) is 5.56 Å². The Labute approximate surface area is 99.2 Å². The zero-order valence-electron chi connectivity index (χ0n) is 7.39. The quantitative estimate of drug-likeness (QED) is 0.805. The Morgan fingerprint density at radius 1 is 1.14 bits per heavy atom. The maximum absolute atomic E-state index is 6.08. The zero-order valence-corrected chi connectivity index (χ0v) is 9.72. The second-order valence-corrected chi connectivity index (χ2v) is 4.29. The van der Waals surface area contributed by atoms with Crippen LogP contribution in [0.3, 0.4) is 0 Å². The summed E-state index contributed by atoms with van der Waals surface area (Å²) >= 11 is 11.8. The molecule has 1 heterocycles. The lowest BCUT2D eigenvalue weighted by molar-refractivity contribution is 0.287. The molecule has 2 nitrogen and oxygen atoms in total. The number of hydrogen-bond acceptors (Lipinski definition) is 2. The summed E-state index contributed by atoms with van der Waals surface area (Å²) in [6.45, 7) is 1.56. The molecule has 0 saturated carbocycles. The van der Waals surface area contributed by atoms with E-state index in [2.05, 4.69) is 5.32 Å². The summed E-state index contributed by atoms with van der Waals surface area (Å²) in [4.78, 5) is 0. The smallest absolute Gasteiger partial charge is 0.0663 e. The van der Waals surface area contributed by atoms with Crippen molar-refractivity contribution in [2.45, 2.75) is 5.54 Å². The second kappa shape index (κ2) is 4.25. The van der Waals surface area contributed by atoms with Gasteiger partial charge in [0.1, 0.15) is 0 Å². The monoisotopic (exact) mass is 252 g/mol. The number of nitrogens with one attached hydrogen (secondary N) is 1. The maximum atomic E-state index is 6.08. The van der Waals surface area contributed by atoms with E-state index in [9.17, 15) is 0 Å². The molecule has 0 atom stereocenters. The summed E-state index contributed by atoms with van der Waals surface area (Å²) in [5.74, 6) is 0. The number of hydrogen-bond donors (Lipinski definition) is 2. The van der Waals surface area contributed by atoms with E-state index in [0.717, 1.165) is 18.7 Å². The van der Waals surface area contributed by atoms with Crippen LogP contribution < -0.4 is 11.1 Å². The summed E-state index contributed by atoms with van der Waals surface area (Å²) in [6.07, 6.45) is 0. The van der Waals surface area contributed by atoms with E-state index >= 15 is 0 Å². The molecule has 1 aliphatic heterocycles. The molecule has 78 valence electrons. The van der Waals surface area contributed by atoms with Crippen molar-refractivity contribution in [1.29, 1.82) is 0 Å². The summed E-state index contributed by atoms with van der Waals surface area (Å²) in [7, 11) is 0. The van der Waals surface area contributed by atoms with Crippen molar-refractivity contribution in [2.75, 3.05) is 13.1 Å². The molecule has 3 N–H and O–H groups in total. The first-order valence-electron chi connectivity index (χ1n) is 4.06. The normalized spacial score (nSPS) is 18.2. The molecule has 1 aliphatic rings. The third kappa shape index (κ3) is 2.15. The van der Waals surface area contributed by atoms with Crippen LogP contribution in [-0.4, -0.2) is 13.1 Å². The van der Waals surface area contributed by atoms with Crippen molar-refractivity contribution in [3.05, 3.63) is 33.8 Å². The highest BCUT2D eigenvalue weighted by Crippen LogP contribution is 2.28. The summed E-state index contributed by atoms with van der Waals surface area (Å²) < 4.78 is 0. The molecule has 0 unspecified atom stereocenters. The van der Waals surface area contributed by atoms with E-state index in [1.807, 2.05) is 12.1 Å². The third-order valence-electron chi connectivity index (χ3n) is 2.32. The van der Waals surface area contributed by atoms with Gasteiger partial charge in [0, 0.05) is 23.1 Å². The van der Waals surface area contributed by atoms with Crippen LogP contribution in [0.15, 0.2) is 18.2 Å². The molecule has 0 radical (unpaired) electrons. The highest BCUT2D eigenvalue weighted by atomic mass is 35.5. The Morgan fingerprint density at radius 3 is 2.00 bits per heavy atom. The van der Waals surface area contributed by atoms with Crippen molar-refractivity contribution in [3.63, 3.8) is 0 Å². The molecular weight excluding hydrogens is 242 g/mol. The third-order valence-corrected chi connectivity index (χ3v) is 2.75. The van der Waals surface area contributed by atoms with Gasteiger partial charge in [-0.15, -0.1) is 12.4 Å². The predicted molar refractivity (Wildman–Crippen MR) is 62.4 cm³/mol. The average Bonchev–Trinajstić information content (AvgIpc) is 1.98. The molecule has 14 heavy (non-hydrogen) atoms.